The van der Waals surface area contributed by atoms with Gasteiger partial charge in [0, 0.05) is 6.54 Å². The molecule has 1 unspecified atom stereocenters. The average molecular weight is 424 g/mol. The van der Waals surface area contributed by atoms with Crippen LogP contribution in [0.1, 0.15) is 25.8 Å². The van der Waals surface area contributed by atoms with Gasteiger partial charge in [-0.05, 0) is 54.3 Å². The molecule has 0 aliphatic carbocycles. The fraction of sp³-hybridized carbons (Fsp3) is 0.350. The number of hydroxylamine groups is 1. The SMILES string of the molecule is COc1ccc(S(=O)(=O)N(Cc2ccc(F)cc2)C(CC(C)C)C(=O)NO)cc1. The van der Waals surface area contributed by atoms with Crippen LogP contribution in [0.3, 0.4) is 0 Å². The summed E-state index contributed by atoms with van der Waals surface area (Å²) in [7, 11) is -2.66. The maximum atomic E-state index is 13.4. The summed E-state index contributed by atoms with van der Waals surface area (Å²) in [5.41, 5.74) is 2.07. The zero-order valence-electron chi connectivity index (χ0n) is 16.5. The highest BCUT2D eigenvalue weighted by Crippen LogP contribution is 2.26. The first-order chi connectivity index (χ1) is 13.7. The molecule has 0 radical (unpaired) electrons. The molecule has 0 bridgehead atoms. The molecule has 0 saturated carbocycles. The molecule has 0 spiro atoms. The molecular formula is C20H25FN2O5S. The van der Waals surface area contributed by atoms with Crippen molar-refractivity contribution in [2.75, 3.05) is 7.11 Å². The predicted octanol–water partition coefficient (Wildman–Crippen LogP) is 2.95. The molecule has 0 saturated heterocycles. The summed E-state index contributed by atoms with van der Waals surface area (Å²) in [5.74, 6) is -0.831. The van der Waals surface area contributed by atoms with Crippen molar-refractivity contribution in [2.24, 2.45) is 5.92 Å². The van der Waals surface area contributed by atoms with E-state index in [1.165, 1.54) is 55.6 Å². The lowest BCUT2D eigenvalue weighted by Crippen LogP contribution is -2.49. The molecule has 0 aliphatic rings. The largest absolute Gasteiger partial charge is 0.497 e. The van der Waals surface area contributed by atoms with Crippen molar-refractivity contribution < 1.29 is 27.5 Å². The predicted molar refractivity (Wildman–Crippen MR) is 105 cm³/mol. The van der Waals surface area contributed by atoms with Gasteiger partial charge in [-0.3, -0.25) is 10.0 Å². The molecule has 0 heterocycles. The number of halogens is 1. The Balaban J connectivity index is 2.53. The van der Waals surface area contributed by atoms with Crippen molar-refractivity contribution >= 4 is 15.9 Å². The van der Waals surface area contributed by atoms with Gasteiger partial charge < -0.3 is 4.74 Å². The van der Waals surface area contributed by atoms with Gasteiger partial charge >= 0.3 is 0 Å². The lowest BCUT2D eigenvalue weighted by atomic mass is 10.0. The first-order valence-corrected chi connectivity index (χ1v) is 10.5. The number of hydrogen-bond donors (Lipinski definition) is 2. The highest BCUT2D eigenvalue weighted by Gasteiger charge is 2.36. The zero-order chi connectivity index (χ0) is 21.6. The van der Waals surface area contributed by atoms with Gasteiger partial charge in [0.05, 0.1) is 12.0 Å². The summed E-state index contributed by atoms with van der Waals surface area (Å²) in [6.45, 7) is 3.51. The molecule has 158 valence electrons. The third-order valence-corrected chi connectivity index (χ3v) is 6.24. The molecule has 9 heteroatoms. The average Bonchev–Trinajstić information content (AvgIpc) is 2.71. The fourth-order valence-electron chi connectivity index (χ4n) is 2.89. The van der Waals surface area contributed by atoms with E-state index < -0.39 is 27.8 Å². The number of carbonyl (C=O) groups is 1. The van der Waals surface area contributed by atoms with E-state index in [4.69, 9.17) is 4.74 Å². The standard InChI is InChI=1S/C20H25FN2O5S/c1-14(2)12-19(20(24)22-25)23(13-15-4-6-16(21)7-5-15)29(26,27)18-10-8-17(28-3)9-11-18/h4-11,14,19,25H,12-13H2,1-3H3,(H,22,24). The van der Waals surface area contributed by atoms with Crippen LogP contribution in [0.15, 0.2) is 53.4 Å². The van der Waals surface area contributed by atoms with Gasteiger partial charge in [0.25, 0.3) is 5.91 Å². The summed E-state index contributed by atoms with van der Waals surface area (Å²) < 4.78 is 46.1. The number of benzene rings is 2. The molecular weight excluding hydrogens is 399 g/mol. The van der Waals surface area contributed by atoms with Crippen LogP contribution < -0.4 is 10.2 Å². The Bertz CT molecular complexity index is 915. The molecule has 29 heavy (non-hydrogen) atoms. The Morgan fingerprint density at radius 2 is 1.72 bits per heavy atom. The van der Waals surface area contributed by atoms with Crippen molar-refractivity contribution in [3.8, 4) is 5.75 Å². The molecule has 0 aromatic heterocycles. The summed E-state index contributed by atoms with van der Waals surface area (Å²) in [5, 5.41) is 9.19. The zero-order valence-corrected chi connectivity index (χ0v) is 17.3. The van der Waals surface area contributed by atoms with Crippen LogP contribution in [-0.2, 0) is 21.4 Å². The van der Waals surface area contributed by atoms with Gasteiger partial charge in [-0.2, -0.15) is 4.31 Å². The number of carbonyl (C=O) groups excluding carboxylic acids is 1. The topological polar surface area (TPSA) is 95.9 Å². The number of hydrogen-bond acceptors (Lipinski definition) is 5. The molecule has 0 aliphatic heterocycles. The van der Waals surface area contributed by atoms with Crippen LogP contribution in [0.5, 0.6) is 5.75 Å². The second-order valence-electron chi connectivity index (χ2n) is 6.97. The second-order valence-corrected chi connectivity index (χ2v) is 8.86. The Morgan fingerprint density at radius 1 is 1.14 bits per heavy atom. The molecule has 1 amide bonds. The molecule has 0 fully saturated rings. The van der Waals surface area contributed by atoms with Crippen LogP contribution in [0, 0.1) is 11.7 Å². The van der Waals surface area contributed by atoms with E-state index in [1.807, 2.05) is 13.8 Å². The molecule has 2 rings (SSSR count). The Labute approximate surface area is 170 Å². The van der Waals surface area contributed by atoms with Gasteiger partial charge in [-0.25, -0.2) is 18.3 Å². The van der Waals surface area contributed by atoms with Crippen LogP contribution >= 0.6 is 0 Å². The molecule has 2 N–H and O–H groups in total. The third-order valence-electron chi connectivity index (χ3n) is 4.37. The number of rotatable bonds is 9. The van der Waals surface area contributed by atoms with Crippen LogP contribution in [0.25, 0.3) is 0 Å². The van der Waals surface area contributed by atoms with Crippen molar-refractivity contribution in [1.29, 1.82) is 0 Å². The van der Waals surface area contributed by atoms with E-state index in [0.717, 1.165) is 4.31 Å². The number of ether oxygens (including phenoxy) is 1. The van der Waals surface area contributed by atoms with Crippen molar-refractivity contribution in [3.05, 3.63) is 59.9 Å². The molecule has 7 nitrogen and oxygen atoms in total. The lowest BCUT2D eigenvalue weighted by molar-refractivity contribution is -0.133. The summed E-state index contributed by atoms with van der Waals surface area (Å²) in [6, 6.07) is 9.97. The monoisotopic (exact) mass is 424 g/mol. The maximum Gasteiger partial charge on any atom is 0.261 e. The van der Waals surface area contributed by atoms with Gasteiger partial charge in [-0.1, -0.05) is 26.0 Å². The van der Waals surface area contributed by atoms with Crippen molar-refractivity contribution in [1.82, 2.24) is 9.79 Å². The third kappa shape index (κ3) is 5.75. The molecule has 1 atom stereocenters. The van der Waals surface area contributed by atoms with E-state index in [9.17, 15) is 22.8 Å². The summed E-state index contributed by atoms with van der Waals surface area (Å²) in [4.78, 5) is 12.3. The van der Waals surface area contributed by atoms with Gasteiger partial charge in [-0.15, -0.1) is 0 Å². The molecule has 2 aromatic rings. The highest BCUT2D eigenvalue weighted by molar-refractivity contribution is 7.89. The number of sulfonamides is 1. The number of methoxy groups -OCH3 is 1. The minimum absolute atomic E-state index is 0.0279. The number of nitrogens with one attached hydrogen (secondary N) is 1. The van der Waals surface area contributed by atoms with Crippen molar-refractivity contribution in [3.63, 3.8) is 0 Å². The van der Waals surface area contributed by atoms with Gasteiger partial charge in [0.15, 0.2) is 0 Å². The van der Waals surface area contributed by atoms with E-state index in [2.05, 4.69) is 0 Å². The van der Waals surface area contributed by atoms with E-state index in [-0.39, 0.29) is 23.8 Å². The Kier molecular flexibility index (Phi) is 7.72. The minimum Gasteiger partial charge on any atom is -0.497 e. The van der Waals surface area contributed by atoms with Crippen LogP contribution in [0.4, 0.5) is 4.39 Å². The van der Waals surface area contributed by atoms with E-state index >= 15 is 0 Å². The normalized spacial score (nSPS) is 12.8. The Morgan fingerprint density at radius 3 is 2.21 bits per heavy atom. The fourth-order valence-corrected chi connectivity index (χ4v) is 4.48. The highest BCUT2D eigenvalue weighted by atomic mass is 32.2. The molecule has 2 aromatic carbocycles. The van der Waals surface area contributed by atoms with E-state index in [0.29, 0.717) is 11.3 Å². The first-order valence-electron chi connectivity index (χ1n) is 9.03. The van der Waals surface area contributed by atoms with Crippen LogP contribution in [0.2, 0.25) is 0 Å². The lowest BCUT2D eigenvalue weighted by Gasteiger charge is -2.30. The summed E-state index contributed by atoms with van der Waals surface area (Å²) >= 11 is 0. The number of nitrogens with zero attached hydrogens (tertiary/aromatic N) is 1. The first kappa shape index (κ1) is 22.8. The van der Waals surface area contributed by atoms with Gasteiger partial charge in [0.2, 0.25) is 10.0 Å². The van der Waals surface area contributed by atoms with Crippen molar-refractivity contribution in [2.45, 2.75) is 37.8 Å². The Hall–Kier alpha value is -2.49. The summed E-state index contributed by atoms with van der Waals surface area (Å²) in [6.07, 6.45) is 0.184. The van der Waals surface area contributed by atoms with Gasteiger partial charge in [0.1, 0.15) is 17.6 Å². The minimum atomic E-state index is -4.12. The quantitative estimate of drug-likeness (QED) is 0.477. The smallest absolute Gasteiger partial charge is 0.261 e. The number of amides is 1. The van der Waals surface area contributed by atoms with Crippen LogP contribution in [-0.4, -0.2) is 37.0 Å². The maximum absolute atomic E-state index is 13.4. The second kappa shape index (κ2) is 9.82. The van der Waals surface area contributed by atoms with E-state index in [1.54, 1.807) is 5.48 Å².